The lowest BCUT2D eigenvalue weighted by Gasteiger charge is -2.27. The standard InChI is InChI=1S/C21H29N3O5S/c1-14(2)12-21(3,22)13-29-17-7-6-15(10-18(17)30(5,26)27)16-8-9-23-19(11-16)24-20(25)28-4/h6-11,14H,12-13,22H2,1-5H3,(H,23,24,25). The molecule has 9 heteroatoms. The van der Waals surface area contributed by atoms with Crippen molar-refractivity contribution >= 4 is 21.7 Å². The molecule has 0 aliphatic rings. The Bertz CT molecular complexity index is 1000. The highest BCUT2D eigenvalue weighted by molar-refractivity contribution is 7.90. The Morgan fingerprint density at radius 1 is 1.23 bits per heavy atom. The van der Waals surface area contributed by atoms with Crippen molar-refractivity contribution in [2.75, 3.05) is 25.3 Å². The lowest BCUT2D eigenvalue weighted by atomic mass is 9.93. The zero-order valence-corrected chi connectivity index (χ0v) is 18.7. The molecule has 1 aromatic heterocycles. The number of carbonyl (C=O) groups excluding carboxylic acids is 1. The number of hydrogen-bond donors (Lipinski definition) is 2. The molecule has 0 aliphatic heterocycles. The Morgan fingerprint density at radius 2 is 1.90 bits per heavy atom. The zero-order chi connectivity index (χ0) is 22.5. The van der Waals surface area contributed by atoms with Crippen LogP contribution in [0.25, 0.3) is 11.1 Å². The first kappa shape index (κ1) is 23.6. The second kappa shape index (κ2) is 9.44. The minimum Gasteiger partial charge on any atom is -0.490 e. The lowest BCUT2D eigenvalue weighted by Crippen LogP contribution is -2.43. The predicted molar refractivity (Wildman–Crippen MR) is 116 cm³/mol. The molecule has 0 bridgehead atoms. The van der Waals surface area contributed by atoms with Crippen molar-refractivity contribution in [3.8, 4) is 16.9 Å². The molecule has 0 saturated heterocycles. The predicted octanol–water partition coefficient (Wildman–Crippen LogP) is 3.47. The second-order valence-corrected chi connectivity index (χ2v) is 10.0. The topological polar surface area (TPSA) is 121 Å². The highest BCUT2D eigenvalue weighted by atomic mass is 32.2. The number of amides is 1. The van der Waals surface area contributed by atoms with Gasteiger partial charge in [-0.3, -0.25) is 5.32 Å². The summed E-state index contributed by atoms with van der Waals surface area (Å²) in [5.41, 5.74) is 7.02. The molecule has 3 N–H and O–H groups in total. The van der Waals surface area contributed by atoms with E-state index in [1.807, 2.05) is 6.92 Å². The number of rotatable bonds is 8. The summed E-state index contributed by atoms with van der Waals surface area (Å²) >= 11 is 0. The summed E-state index contributed by atoms with van der Waals surface area (Å²) in [7, 11) is -2.31. The first-order chi connectivity index (χ1) is 13.9. The molecule has 1 unspecified atom stereocenters. The van der Waals surface area contributed by atoms with E-state index in [0.29, 0.717) is 17.0 Å². The van der Waals surface area contributed by atoms with Gasteiger partial charge in [0.15, 0.2) is 9.84 Å². The number of nitrogens with zero attached hydrogens (tertiary/aromatic N) is 1. The maximum atomic E-state index is 12.4. The van der Waals surface area contributed by atoms with Crippen LogP contribution in [0.5, 0.6) is 5.75 Å². The quantitative estimate of drug-likeness (QED) is 0.651. The normalized spacial score (nSPS) is 13.6. The molecule has 2 aromatic rings. The third kappa shape index (κ3) is 6.70. The van der Waals surface area contributed by atoms with Gasteiger partial charge in [-0.25, -0.2) is 18.2 Å². The molecule has 2 rings (SSSR count). The largest absolute Gasteiger partial charge is 0.490 e. The lowest BCUT2D eigenvalue weighted by molar-refractivity contribution is 0.187. The summed E-state index contributed by atoms with van der Waals surface area (Å²) < 4.78 is 35.2. The fourth-order valence-electron chi connectivity index (χ4n) is 3.16. The van der Waals surface area contributed by atoms with Gasteiger partial charge in [0.25, 0.3) is 0 Å². The van der Waals surface area contributed by atoms with Gasteiger partial charge in [0.2, 0.25) is 0 Å². The van der Waals surface area contributed by atoms with Crippen LogP contribution in [0.1, 0.15) is 27.2 Å². The fraction of sp³-hybridized carbons (Fsp3) is 0.429. The molecule has 0 aliphatic carbocycles. The third-order valence-corrected chi connectivity index (χ3v) is 5.40. The SMILES string of the molecule is COC(=O)Nc1cc(-c2ccc(OCC(C)(N)CC(C)C)c(S(C)(=O)=O)c2)ccn1. The van der Waals surface area contributed by atoms with Gasteiger partial charge in [-0.15, -0.1) is 0 Å². The maximum Gasteiger partial charge on any atom is 0.412 e. The molecular formula is C21H29N3O5S. The van der Waals surface area contributed by atoms with Crippen molar-refractivity contribution < 1.29 is 22.7 Å². The van der Waals surface area contributed by atoms with Crippen LogP contribution in [0.15, 0.2) is 41.4 Å². The van der Waals surface area contributed by atoms with Crippen molar-refractivity contribution in [1.29, 1.82) is 0 Å². The molecule has 30 heavy (non-hydrogen) atoms. The Hall–Kier alpha value is -2.65. The van der Waals surface area contributed by atoms with E-state index >= 15 is 0 Å². The fourth-order valence-corrected chi connectivity index (χ4v) is 4.00. The first-order valence-electron chi connectivity index (χ1n) is 9.48. The second-order valence-electron chi connectivity index (χ2n) is 8.02. The molecular weight excluding hydrogens is 406 g/mol. The van der Waals surface area contributed by atoms with E-state index in [1.54, 1.807) is 24.3 Å². The number of pyridine rings is 1. The Kier molecular flexibility index (Phi) is 7.44. The van der Waals surface area contributed by atoms with E-state index in [9.17, 15) is 13.2 Å². The van der Waals surface area contributed by atoms with Crippen LogP contribution in [0.4, 0.5) is 10.6 Å². The van der Waals surface area contributed by atoms with Gasteiger partial charge in [0.1, 0.15) is 23.1 Å². The number of nitrogens with one attached hydrogen (secondary N) is 1. The molecule has 164 valence electrons. The molecule has 1 aromatic carbocycles. The number of anilines is 1. The van der Waals surface area contributed by atoms with Gasteiger partial charge in [-0.05, 0) is 54.7 Å². The Balaban J connectivity index is 2.35. The summed E-state index contributed by atoms with van der Waals surface area (Å²) in [5, 5.41) is 2.48. The minimum atomic E-state index is -3.56. The molecule has 1 atom stereocenters. The van der Waals surface area contributed by atoms with E-state index in [-0.39, 0.29) is 23.1 Å². The molecule has 1 heterocycles. The number of methoxy groups -OCH3 is 1. The van der Waals surface area contributed by atoms with Gasteiger partial charge >= 0.3 is 6.09 Å². The van der Waals surface area contributed by atoms with Crippen molar-refractivity contribution in [2.24, 2.45) is 11.7 Å². The van der Waals surface area contributed by atoms with Gasteiger partial charge < -0.3 is 15.2 Å². The summed E-state index contributed by atoms with van der Waals surface area (Å²) in [5.74, 6) is 0.927. The number of ether oxygens (including phenoxy) is 2. The highest BCUT2D eigenvalue weighted by Crippen LogP contribution is 2.31. The van der Waals surface area contributed by atoms with Crippen molar-refractivity contribution in [3.63, 3.8) is 0 Å². The summed E-state index contributed by atoms with van der Waals surface area (Å²) in [6.07, 6.45) is 2.74. The Morgan fingerprint density at radius 3 is 2.50 bits per heavy atom. The first-order valence-corrected chi connectivity index (χ1v) is 11.4. The van der Waals surface area contributed by atoms with Crippen LogP contribution >= 0.6 is 0 Å². The smallest absolute Gasteiger partial charge is 0.412 e. The van der Waals surface area contributed by atoms with Crippen LogP contribution in [0.3, 0.4) is 0 Å². The van der Waals surface area contributed by atoms with E-state index in [4.69, 9.17) is 10.5 Å². The minimum absolute atomic E-state index is 0.0691. The zero-order valence-electron chi connectivity index (χ0n) is 17.9. The van der Waals surface area contributed by atoms with Gasteiger partial charge in [0, 0.05) is 18.0 Å². The maximum absolute atomic E-state index is 12.4. The molecule has 1 amide bonds. The number of sulfone groups is 1. The van der Waals surface area contributed by atoms with Crippen LogP contribution in [0, 0.1) is 5.92 Å². The van der Waals surface area contributed by atoms with E-state index in [0.717, 1.165) is 12.7 Å². The molecule has 0 saturated carbocycles. The van der Waals surface area contributed by atoms with Gasteiger partial charge in [0.05, 0.1) is 7.11 Å². The Labute approximate surface area is 177 Å². The number of benzene rings is 1. The van der Waals surface area contributed by atoms with E-state index < -0.39 is 21.5 Å². The van der Waals surface area contributed by atoms with Crippen LogP contribution in [-0.2, 0) is 14.6 Å². The number of carbonyl (C=O) groups is 1. The van der Waals surface area contributed by atoms with Gasteiger partial charge in [-0.2, -0.15) is 0 Å². The van der Waals surface area contributed by atoms with Crippen LogP contribution < -0.4 is 15.8 Å². The number of nitrogens with two attached hydrogens (primary N) is 1. The van der Waals surface area contributed by atoms with E-state index in [1.165, 1.54) is 19.4 Å². The van der Waals surface area contributed by atoms with Crippen molar-refractivity contribution in [3.05, 3.63) is 36.5 Å². The third-order valence-electron chi connectivity index (χ3n) is 4.28. The van der Waals surface area contributed by atoms with Crippen LogP contribution in [0.2, 0.25) is 0 Å². The molecule has 0 spiro atoms. The van der Waals surface area contributed by atoms with Gasteiger partial charge in [-0.1, -0.05) is 19.9 Å². The monoisotopic (exact) mass is 435 g/mol. The molecule has 0 fully saturated rings. The number of aromatic nitrogens is 1. The number of hydrogen-bond acceptors (Lipinski definition) is 7. The average Bonchev–Trinajstić information content (AvgIpc) is 2.64. The van der Waals surface area contributed by atoms with Crippen molar-refractivity contribution in [1.82, 2.24) is 4.98 Å². The highest BCUT2D eigenvalue weighted by Gasteiger charge is 2.23. The summed E-state index contributed by atoms with van der Waals surface area (Å²) in [4.78, 5) is 15.5. The van der Waals surface area contributed by atoms with Crippen LogP contribution in [-0.4, -0.2) is 45.0 Å². The van der Waals surface area contributed by atoms with Crippen molar-refractivity contribution in [2.45, 2.75) is 37.6 Å². The van der Waals surface area contributed by atoms with E-state index in [2.05, 4.69) is 28.9 Å². The molecule has 0 radical (unpaired) electrons. The molecule has 8 nitrogen and oxygen atoms in total. The summed E-state index contributed by atoms with van der Waals surface area (Å²) in [6.45, 7) is 6.21. The summed E-state index contributed by atoms with van der Waals surface area (Å²) in [6, 6.07) is 8.24. The average molecular weight is 436 g/mol.